The topological polar surface area (TPSA) is 66.5 Å². The van der Waals surface area contributed by atoms with Gasteiger partial charge < -0.3 is 4.90 Å². The van der Waals surface area contributed by atoms with Crippen LogP contribution < -0.4 is 4.72 Å². The minimum atomic E-state index is -3.58. The molecule has 1 aromatic rings. The Balaban J connectivity index is 1.58. The summed E-state index contributed by atoms with van der Waals surface area (Å²) in [7, 11) is -3.58. The summed E-state index contributed by atoms with van der Waals surface area (Å²) in [4.78, 5) is 15.0. The fourth-order valence-electron chi connectivity index (χ4n) is 4.44. The van der Waals surface area contributed by atoms with Gasteiger partial charge in [0.2, 0.25) is 15.9 Å². The van der Waals surface area contributed by atoms with Crippen molar-refractivity contribution < 1.29 is 13.2 Å². The van der Waals surface area contributed by atoms with Gasteiger partial charge in [0, 0.05) is 25.6 Å². The zero-order chi connectivity index (χ0) is 18.7. The summed E-state index contributed by atoms with van der Waals surface area (Å²) in [6, 6.07) is 5.76. The largest absolute Gasteiger partial charge is 0.339 e. The molecule has 1 saturated carbocycles. The Morgan fingerprint density at radius 2 is 1.88 bits per heavy atom. The summed E-state index contributed by atoms with van der Waals surface area (Å²) in [5.74, 6) is 0.735. The number of nitrogens with zero attached hydrogens (tertiary/aromatic N) is 1. The van der Waals surface area contributed by atoms with Crippen LogP contribution in [0.15, 0.2) is 23.1 Å². The van der Waals surface area contributed by atoms with E-state index in [0.717, 1.165) is 30.5 Å². The van der Waals surface area contributed by atoms with E-state index in [2.05, 4.69) is 4.72 Å². The second kappa shape index (κ2) is 8.09. The Bertz CT molecular complexity index is 758. The fraction of sp³-hybridized carbons (Fsp3) is 0.650. The Labute approximate surface area is 157 Å². The van der Waals surface area contributed by atoms with Gasteiger partial charge >= 0.3 is 0 Å². The molecule has 0 spiro atoms. The first kappa shape index (κ1) is 19.4. The molecule has 2 atom stereocenters. The van der Waals surface area contributed by atoms with E-state index in [1.807, 2.05) is 24.0 Å². The predicted octanol–water partition coefficient (Wildman–Crippen LogP) is 3.15. The van der Waals surface area contributed by atoms with E-state index in [0.29, 0.717) is 16.9 Å². The molecule has 0 bridgehead atoms. The maximum atomic E-state index is 12.7. The molecule has 2 unspecified atom stereocenters. The highest BCUT2D eigenvalue weighted by Crippen LogP contribution is 2.35. The van der Waals surface area contributed by atoms with E-state index in [4.69, 9.17) is 0 Å². The number of aryl methyl sites for hydroxylation is 2. The van der Waals surface area contributed by atoms with Crippen molar-refractivity contribution in [2.45, 2.75) is 69.7 Å². The highest BCUT2D eigenvalue weighted by Gasteiger charge is 2.35. The van der Waals surface area contributed by atoms with Crippen LogP contribution in [0.4, 0.5) is 0 Å². The second-order valence-electron chi connectivity index (χ2n) is 7.76. The van der Waals surface area contributed by atoms with E-state index in [-0.39, 0.29) is 18.9 Å². The van der Waals surface area contributed by atoms with Gasteiger partial charge in [-0.05, 0) is 62.6 Å². The number of carbonyl (C=O) groups excluding carboxylic acids is 1. The molecule has 1 aromatic carbocycles. The molecule has 1 saturated heterocycles. The molecule has 0 aromatic heterocycles. The molecule has 1 aliphatic heterocycles. The first-order chi connectivity index (χ1) is 12.4. The highest BCUT2D eigenvalue weighted by atomic mass is 32.2. The zero-order valence-electron chi connectivity index (χ0n) is 15.8. The molecule has 0 radical (unpaired) electrons. The van der Waals surface area contributed by atoms with Crippen LogP contribution in [0.1, 0.15) is 56.1 Å². The first-order valence-corrected chi connectivity index (χ1v) is 11.2. The zero-order valence-corrected chi connectivity index (χ0v) is 16.6. The highest BCUT2D eigenvalue weighted by molar-refractivity contribution is 7.89. The lowest BCUT2D eigenvalue weighted by molar-refractivity contribution is -0.137. The lowest BCUT2D eigenvalue weighted by Gasteiger charge is -2.44. The average molecular weight is 379 g/mol. The monoisotopic (exact) mass is 378 g/mol. The minimum absolute atomic E-state index is 0.0882. The van der Waals surface area contributed by atoms with Crippen molar-refractivity contribution in [3.63, 3.8) is 0 Å². The smallest absolute Gasteiger partial charge is 0.240 e. The van der Waals surface area contributed by atoms with Crippen LogP contribution in [0, 0.1) is 19.8 Å². The molecule has 26 heavy (non-hydrogen) atoms. The average Bonchev–Trinajstić information content (AvgIpc) is 2.63. The van der Waals surface area contributed by atoms with Gasteiger partial charge in [0.15, 0.2) is 0 Å². The third-order valence-corrected chi connectivity index (χ3v) is 7.43. The quantitative estimate of drug-likeness (QED) is 0.856. The molecule has 144 valence electrons. The number of likely N-dealkylation sites (tertiary alicyclic amines) is 1. The van der Waals surface area contributed by atoms with Crippen molar-refractivity contribution in [2.24, 2.45) is 5.92 Å². The fourth-order valence-corrected chi connectivity index (χ4v) is 5.80. The molecule has 6 heteroatoms. The number of sulfonamides is 1. The number of carbonyl (C=O) groups is 1. The maximum Gasteiger partial charge on any atom is 0.240 e. The molecular weight excluding hydrogens is 348 g/mol. The van der Waals surface area contributed by atoms with Crippen molar-refractivity contribution in [2.75, 3.05) is 13.1 Å². The lowest BCUT2D eigenvalue weighted by atomic mass is 9.78. The normalized spacial score (nSPS) is 23.5. The van der Waals surface area contributed by atoms with E-state index in [9.17, 15) is 13.2 Å². The summed E-state index contributed by atoms with van der Waals surface area (Å²) in [6.07, 6.45) is 7.34. The van der Waals surface area contributed by atoms with Gasteiger partial charge in [0.05, 0.1) is 4.90 Å². The summed E-state index contributed by atoms with van der Waals surface area (Å²) in [5.41, 5.74) is 1.62. The number of hydrogen-bond acceptors (Lipinski definition) is 3. The number of nitrogens with one attached hydrogen (secondary N) is 1. The van der Waals surface area contributed by atoms with E-state index < -0.39 is 10.0 Å². The first-order valence-electron chi connectivity index (χ1n) is 9.75. The van der Waals surface area contributed by atoms with Gasteiger partial charge in [0.25, 0.3) is 0 Å². The molecule has 3 rings (SSSR count). The number of piperidine rings is 1. The number of amides is 1. The SMILES string of the molecule is Cc1ccc(C)c(S(=O)(=O)NCCC(=O)N2CCCC3CCCCC32)c1. The molecule has 5 nitrogen and oxygen atoms in total. The summed E-state index contributed by atoms with van der Waals surface area (Å²) >= 11 is 0. The van der Waals surface area contributed by atoms with Crippen LogP contribution in [-0.4, -0.2) is 38.4 Å². The molecule has 1 heterocycles. The number of fused-ring (bicyclic) bond motifs is 1. The van der Waals surface area contributed by atoms with Gasteiger partial charge in [-0.1, -0.05) is 25.0 Å². The molecule has 1 amide bonds. The van der Waals surface area contributed by atoms with Gasteiger partial charge in [-0.15, -0.1) is 0 Å². The molecule has 2 aliphatic rings. The van der Waals surface area contributed by atoms with Crippen LogP contribution in [0.3, 0.4) is 0 Å². The number of benzene rings is 1. The molecule has 1 N–H and O–H groups in total. The van der Waals surface area contributed by atoms with Gasteiger partial charge in [0.1, 0.15) is 0 Å². The van der Waals surface area contributed by atoms with Crippen LogP contribution in [0.25, 0.3) is 0 Å². The van der Waals surface area contributed by atoms with Crippen molar-refractivity contribution in [1.29, 1.82) is 0 Å². The maximum absolute atomic E-state index is 12.7. The van der Waals surface area contributed by atoms with Gasteiger partial charge in [-0.2, -0.15) is 0 Å². The lowest BCUT2D eigenvalue weighted by Crippen LogP contribution is -2.50. The number of hydrogen-bond donors (Lipinski definition) is 1. The van der Waals surface area contributed by atoms with Gasteiger partial charge in [-0.3, -0.25) is 4.79 Å². The van der Waals surface area contributed by atoms with Gasteiger partial charge in [-0.25, -0.2) is 13.1 Å². The Morgan fingerprint density at radius 3 is 2.69 bits per heavy atom. The second-order valence-corrected chi connectivity index (χ2v) is 9.49. The van der Waals surface area contributed by atoms with E-state index >= 15 is 0 Å². The third kappa shape index (κ3) is 4.29. The Morgan fingerprint density at radius 1 is 1.15 bits per heavy atom. The molecule has 2 fully saturated rings. The van der Waals surface area contributed by atoms with Crippen LogP contribution >= 0.6 is 0 Å². The molecular formula is C20H30N2O3S. The van der Waals surface area contributed by atoms with Crippen molar-refractivity contribution in [3.05, 3.63) is 29.3 Å². The summed E-state index contributed by atoms with van der Waals surface area (Å²) < 4.78 is 27.7. The summed E-state index contributed by atoms with van der Waals surface area (Å²) in [6.45, 7) is 4.64. The van der Waals surface area contributed by atoms with Crippen LogP contribution in [-0.2, 0) is 14.8 Å². The van der Waals surface area contributed by atoms with E-state index in [1.165, 1.54) is 25.7 Å². The molecule has 1 aliphatic carbocycles. The van der Waals surface area contributed by atoms with Crippen molar-refractivity contribution >= 4 is 15.9 Å². The van der Waals surface area contributed by atoms with E-state index in [1.54, 1.807) is 13.0 Å². The van der Waals surface area contributed by atoms with Crippen LogP contribution in [0.5, 0.6) is 0 Å². The predicted molar refractivity (Wildman–Crippen MR) is 102 cm³/mol. The summed E-state index contributed by atoms with van der Waals surface area (Å²) in [5, 5.41) is 0. The van der Waals surface area contributed by atoms with Crippen molar-refractivity contribution in [1.82, 2.24) is 9.62 Å². The standard InChI is InChI=1S/C20H30N2O3S/c1-15-9-10-16(2)19(14-15)26(24,25)21-12-11-20(23)22-13-5-7-17-6-3-4-8-18(17)22/h9-10,14,17-18,21H,3-8,11-13H2,1-2H3. The Kier molecular flexibility index (Phi) is 6.03. The van der Waals surface area contributed by atoms with Crippen LogP contribution in [0.2, 0.25) is 0 Å². The number of rotatable bonds is 5. The minimum Gasteiger partial charge on any atom is -0.339 e. The third-order valence-electron chi connectivity index (χ3n) is 5.83. The Hall–Kier alpha value is -1.40. The van der Waals surface area contributed by atoms with Crippen molar-refractivity contribution in [3.8, 4) is 0 Å².